The highest BCUT2D eigenvalue weighted by Crippen LogP contribution is 2.32. The van der Waals surface area contributed by atoms with Crippen molar-refractivity contribution >= 4 is 17.6 Å². The van der Waals surface area contributed by atoms with E-state index in [1.807, 2.05) is 0 Å². The molecule has 2 N–H and O–H groups in total. The van der Waals surface area contributed by atoms with Crippen LogP contribution < -0.4 is 5.32 Å². The smallest absolute Gasteiger partial charge is 0.416 e. The number of nitrogens with one attached hydrogen (secondary N) is 1. The van der Waals surface area contributed by atoms with Crippen LogP contribution in [-0.2, 0) is 15.7 Å². The maximum Gasteiger partial charge on any atom is 0.416 e. The second-order valence-corrected chi connectivity index (χ2v) is 4.10. The fourth-order valence-electron chi connectivity index (χ4n) is 1.52. The molecule has 0 aliphatic rings. The molecule has 0 heterocycles. The maximum atomic E-state index is 12.7. The summed E-state index contributed by atoms with van der Waals surface area (Å²) in [7, 11) is 0. The lowest BCUT2D eigenvalue weighted by molar-refractivity contribution is -0.137. The van der Waals surface area contributed by atoms with Crippen LogP contribution in [0.2, 0.25) is 0 Å². The number of anilines is 1. The van der Waals surface area contributed by atoms with Crippen LogP contribution in [0.5, 0.6) is 0 Å². The third-order valence-electron chi connectivity index (χ3n) is 2.47. The van der Waals surface area contributed by atoms with Crippen molar-refractivity contribution in [2.24, 2.45) is 0 Å². The van der Waals surface area contributed by atoms with Crippen molar-refractivity contribution in [2.75, 3.05) is 18.5 Å². The van der Waals surface area contributed by atoms with Gasteiger partial charge in [-0.3, -0.25) is 4.79 Å². The van der Waals surface area contributed by atoms with Gasteiger partial charge in [0.15, 0.2) is 0 Å². The molecular weight excluding hydrogens is 291 g/mol. The number of aromatic carboxylic acids is 1. The van der Waals surface area contributed by atoms with Crippen LogP contribution in [0.3, 0.4) is 0 Å². The lowest BCUT2D eigenvalue weighted by atomic mass is 10.1. The van der Waals surface area contributed by atoms with Gasteiger partial charge in [0.05, 0.1) is 24.2 Å². The second kappa shape index (κ2) is 7.07. The quantitative estimate of drug-likeness (QED) is 0.792. The molecule has 0 aliphatic carbocycles. The lowest BCUT2D eigenvalue weighted by Crippen LogP contribution is -2.16. The predicted molar refractivity (Wildman–Crippen MR) is 68.1 cm³/mol. The van der Waals surface area contributed by atoms with Crippen molar-refractivity contribution in [1.82, 2.24) is 0 Å². The third kappa shape index (κ3) is 5.42. The molecule has 21 heavy (non-hydrogen) atoms. The number of ether oxygens (including phenoxy) is 1. The minimum Gasteiger partial charge on any atom is -0.478 e. The Morgan fingerprint density at radius 1 is 1.29 bits per heavy atom. The molecule has 116 valence electrons. The molecule has 1 amide bonds. The average Bonchev–Trinajstić information content (AvgIpc) is 2.37. The van der Waals surface area contributed by atoms with Gasteiger partial charge in [0.1, 0.15) is 0 Å². The second-order valence-electron chi connectivity index (χ2n) is 4.10. The molecule has 0 bridgehead atoms. The van der Waals surface area contributed by atoms with E-state index in [4.69, 9.17) is 9.84 Å². The van der Waals surface area contributed by atoms with E-state index in [1.54, 1.807) is 6.92 Å². The number of carbonyl (C=O) groups is 2. The first-order valence-electron chi connectivity index (χ1n) is 6.07. The van der Waals surface area contributed by atoms with Gasteiger partial charge in [0.2, 0.25) is 5.91 Å². The minimum absolute atomic E-state index is 0.0352. The number of hydrogen-bond acceptors (Lipinski definition) is 3. The molecule has 0 fully saturated rings. The van der Waals surface area contributed by atoms with Gasteiger partial charge in [0.25, 0.3) is 0 Å². The van der Waals surface area contributed by atoms with Crippen LogP contribution >= 0.6 is 0 Å². The third-order valence-corrected chi connectivity index (χ3v) is 2.47. The molecule has 0 saturated carbocycles. The van der Waals surface area contributed by atoms with Gasteiger partial charge in [-0.05, 0) is 25.1 Å². The predicted octanol–water partition coefficient (Wildman–Crippen LogP) is 2.77. The molecule has 5 nitrogen and oxygen atoms in total. The molecule has 1 aromatic carbocycles. The molecule has 0 atom stereocenters. The molecule has 0 spiro atoms. The Morgan fingerprint density at radius 2 is 1.95 bits per heavy atom. The number of hydrogen-bond donors (Lipinski definition) is 2. The molecule has 1 aromatic rings. The molecule has 8 heteroatoms. The van der Waals surface area contributed by atoms with Gasteiger partial charge < -0.3 is 15.2 Å². The summed E-state index contributed by atoms with van der Waals surface area (Å²) in [5, 5.41) is 11.0. The van der Waals surface area contributed by atoms with Crippen LogP contribution in [0.1, 0.15) is 29.3 Å². The molecular formula is C13H14F3NO4. The Hall–Kier alpha value is -2.09. The summed E-state index contributed by atoms with van der Waals surface area (Å²) in [6.45, 7) is 2.29. The number of halogens is 3. The van der Waals surface area contributed by atoms with E-state index >= 15 is 0 Å². The average molecular weight is 305 g/mol. The first-order valence-corrected chi connectivity index (χ1v) is 6.07. The first-order chi connectivity index (χ1) is 9.74. The largest absolute Gasteiger partial charge is 0.478 e. The summed E-state index contributed by atoms with van der Waals surface area (Å²) < 4.78 is 43.0. The van der Waals surface area contributed by atoms with Crippen LogP contribution in [-0.4, -0.2) is 30.2 Å². The molecule has 1 rings (SSSR count). The highest BCUT2D eigenvalue weighted by molar-refractivity contribution is 5.94. The highest BCUT2D eigenvalue weighted by atomic mass is 19.4. The van der Waals surface area contributed by atoms with E-state index in [0.29, 0.717) is 18.7 Å². The number of amides is 1. The van der Waals surface area contributed by atoms with E-state index < -0.39 is 29.2 Å². The molecule has 0 saturated heterocycles. The van der Waals surface area contributed by atoms with Gasteiger partial charge >= 0.3 is 12.1 Å². The Morgan fingerprint density at radius 3 is 2.48 bits per heavy atom. The SMILES string of the molecule is CCOCCC(=O)Nc1cc(C(=O)O)cc(C(F)(F)F)c1. The molecule has 0 radical (unpaired) electrons. The molecule has 0 aliphatic heterocycles. The fourth-order valence-corrected chi connectivity index (χ4v) is 1.52. The van der Waals surface area contributed by atoms with Crippen LogP contribution in [0.15, 0.2) is 18.2 Å². The van der Waals surface area contributed by atoms with Crippen LogP contribution in [0.25, 0.3) is 0 Å². The summed E-state index contributed by atoms with van der Waals surface area (Å²) >= 11 is 0. The zero-order valence-electron chi connectivity index (χ0n) is 11.2. The van der Waals surface area contributed by atoms with Crippen LogP contribution in [0, 0.1) is 0 Å². The number of carboxylic acid groups (broad SMARTS) is 1. The first kappa shape index (κ1) is 17.0. The van der Waals surface area contributed by atoms with Crippen molar-refractivity contribution in [3.63, 3.8) is 0 Å². The van der Waals surface area contributed by atoms with Gasteiger partial charge in [-0.1, -0.05) is 0 Å². The number of benzene rings is 1. The summed E-state index contributed by atoms with van der Waals surface area (Å²) in [4.78, 5) is 22.3. The number of alkyl halides is 3. The summed E-state index contributed by atoms with van der Waals surface area (Å²) in [5.74, 6) is -2.06. The van der Waals surface area contributed by atoms with E-state index in [2.05, 4.69) is 5.32 Å². The zero-order valence-corrected chi connectivity index (χ0v) is 11.2. The van der Waals surface area contributed by atoms with E-state index in [0.717, 1.165) is 6.07 Å². The number of rotatable bonds is 6. The van der Waals surface area contributed by atoms with Crippen LogP contribution in [0.4, 0.5) is 18.9 Å². The Balaban J connectivity index is 2.93. The van der Waals surface area contributed by atoms with Crippen molar-refractivity contribution in [3.05, 3.63) is 29.3 Å². The molecule has 0 unspecified atom stereocenters. The van der Waals surface area contributed by atoms with Gasteiger partial charge in [-0.15, -0.1) is 0 Å². The Labute approximate surface area is 118 Å². The van der Waals surface area contributed by atoms with Crippen molar-refractivity contribution in [3.8, 4) is 0 Å². The van der Waals surface area contributed by atoms with E-state index in [9.17, 15) is 22.8 Å². The molecule has 0 aromatic heterocycles. The summed E-state index contributed by atoms with van der Waals surface area (Å²) in [6.07, 6.45) is -4.73. The summed E-state index contributed by atoms with van der Waals surface area (Å²) in [6, 6.07) is 2.17. The number of carbonyl (C=O) groups excluding carboxylic acids is 1. The number of carboxylic acids is 1. The normalized spacial score (nSPS) is 11.2. The summed E-state index contributed by atoms with van der Waals surface area (Å²) in [5.41, 5.74) is -1.91. The van der Waals surface area contributed by atoms with Gasteiger partial charge in [0, 0.05) is 12.3 Å². The fraction of sp³-hybridized carbons (Fsp3) is 0.385. The topological polar surface area (TPSA) is 75.6 Å². The van der Waals surface area contributed by atoms with Crippen molar-refractivity contribution < 1.29 is 32.6 Å². The monoisotopic (exact) mass is 305 g/mol. The van der Waals surface area contributed by atoms with E-state index in [-0.39, 0.29) is 18.7 Å². The lowest BCUT2D eigenvalue weighted by Gasteiger charge is -2.11. The van der Waals surface area contributed by atoms with Gasteiger partial charge in [-0.2, -0.15) is 13.2 Å². The highest BCUT2D eigenvalue weighted by Gasteiger charge is 2.32. The van der Waals surface area contributed by atoms with Gasteiger partial charge in [-0.25, -0.2) is 4.79 Å². The maximum absolute atomic E-state index is 12.7. The van der Waals surface area contributed by atoms with E-state index in [1.165, 1.54) is 0 Å². The minimum atomic E-state index is -4.70. The standard InChI is InChI=1S/C13H14F3NO4/c1-2-21-4-3-11(18)17-10-6-8(12(19)20)5-9(7-10)13(14,15)16/h5-7H,2-4H2,1H3,(H,17,18)(H,19,20). The van der Waals surface area contributed by atoms with Crippen molar-refractivity contribution in [2.45, 2.75) is 19.5 Å². The zero-order chi connectivity index (χ0) is 16.0. The Bertz CT molecular complexity index is 529. The Kier molecular flexibility index (Phi) is 5.71. The van der Waals surface area contributed by atoms with Crippen molar-refractivity contribution in [1.29, 1.82) is 0 Å².